The Bertz CT molecular complexity index is 2200. The Hall–Kier alpha value is -5.48. The Morgan fingerprint density at radius 2 is 1.46 bits per heavy atom. The number of hydrogen-bond acceptors (Lipinski definition) is 2. The van der Waals surface area contributed by atoms with Crippen LogP contribution in [0, 0.1) is 0 Å². The van der Waals surface area contributed by atoms with Gasteiger partial charge in [-0.2, -0.15) is 0 Å². The lowest BCUT2D eigenvalue weighted by molar-refractivity contribution is 0.869. The van der Waals surface area contributed by atoms with Crippen molar-refractivity contribution in [1.29, 1.82) is 0 Å². The largest absolute Gasteiger partial charge is 0.338 e. The van der Waals surface area contributed by atoms with Crippen LogP contribution in [-0.4, -0.2) is 19.5 Å². The molecule has 0 amide bonds. The van der Waals surface area contributed by atoms with E-state index in [0.717, 1.165) is 51.1 Å². The summed E-state index contributed by atoms with van der Waals surface area (Å²) in [5.41, 5.74) is 9.76. The maximum absolute atomic E-state index is 5.05. The van der Waals surface area contributed by atoms with Gasteiger partial charge in [0, 0.05) is 39.3 Å². The summed E-state index contributed by atoms with van der Waals surface area (Å²) in [4.78, 5) is 13.3. The first kappa shape index (κ1) is 23.4. The van der Waals surface area contributed by atoms with Gasteiger partial charge in [-0.3, -0.25) is 0 Å². The maximum Gasteiger partial charge on any atom is 0.140 e. The summed E-state index contributed by atoms with van der Waals surface area (Å²) in [6.07, 6.45) is 4.25. The van der Waals surface area contributed by atoms with Gasteiger partial charge >= 0.3 is 0 Å². The minimum atomic E-state index is 0.836. The third-order valence-electron chi connectivity index (χ3n) is 7.81. The second kappa shape index (κ2) is 9.61. The molecule has 0 atom stereocenters. The van der Waals surface area contributed by atoms with Crippen molar-refractivity contribution in [1.82, 2.24) is 19.5 Å². The van der Waals surface area contributed by atoms with Gasteiger partial charge in [0.15, 0.2) is 0 Å². The number of nitrogens with one attached hydrogen (secondary N) is 1. The molecular weight excluding hydrogens is 500 g/mol. The Labute approximate surface area is 237 Å². The Kier molecular flexibility index (Phi) is 5.49. The lowest BCUT2D eigenvalue weighted by Crippen LogP contribution is -1.98. The summed E-state index contributed by atoms with van der Waals surface area (Å²) in [5.74, 6) is 0.836. The molecule has 0 aliphatic heterocycles. The van der Waals surface area contributed by atoms with Crippen molar-refractivity contribution in [2.75, 3.05) is 0 Å². The lowest BCUT2D eigenvalue weighted by Gasteiger charge is -2.08. The number of aromatic nitrogens is 4. The van der Waals surface area contributed by atoms with Crippen molar-refractivity contribution in [2.24, 2.45) is 0 Å². The van der Waals surface area contributed by atoms with Crippen LogP contribution in [0.3, 0.4) is 0 Å². The highest BCUT2D eigenvalue weighted by Crippen LogP contribution is 2.31. The van der Waals surface area contributed by atoms with Gasteiger partial charge in [-0.15, -0.1) is 0 Å². The number of pyridine rings is 1. The molecule has 3 heterocycles. The fourth-order valence-corrected chi connectivity index (χ4v) is 5.82. The van der Waals surface area contributed by atoms with Gasteiger partial charge in [-0.1, -0.05) is 91.0 Å². The summed E-state index contributed by atoms with van der Waals surface area (Å²) in [6, 6.07) is 44.6. The van der Waals surface area contributed by atoms with Crippen LogP contribution in [0.5, 0.6) is 0 Å². The third-order valence-corrected chi connectivity index (χ3v) is 7.81. The van der Waals surface area contributed by atoms with Gasteiger partial charge < -0.3 is 9.55 Å². The summed E-state index contributed by atoms with van der Waals surface area (Å²) in [7, 11) is 0. The molecule has 0 saturated carbocycles. The molecule has 0 aliphatic rings. The van der Waals surface area contributed by atoms with Crippen LogP contribution in [0.1, 0.15) is 16.8 Å². The van der Waals surface area contributed by atoms with Crippen molar-refractivity contribution >= 4 is 55.9 Å². The zero-order chi connectivity index (χ0) is 27.2. The van der Waals surface area contributed by atoms with E-state index in [2.05, 4.69) is 131 Å². The van der Waals surface area contributed by atoms with Crippen LogP contribution in [0.25, 0.3) is 67.3 Å². The first-order valence-corrected chi connectivity index (χ1v) is 13.9. The monoisotopic (exact) mass is 526 g/mol. The number of para-hydroxylation sites is 4. The molecule has 1 N–H and O–H groups in total. The van der Waals surface area contributed by atoms with Crippen LogP contribution in [-0.2, 0) is 6.54 Å². The molecule has 4 heteroatoms. The number of aromatic amines is 1. The quantitative estimate of drug-likeness (QED) is 0.243. The van der Waals surface area contributed by atoms with Gasteiger partial charge in [-0.25, -0.2) is 9.97 Å². The Morgan fingerprint density at radius 3 is 2.39 bits per heavy atom. The van der Waals surface area contributed by atoms with Crippen molar-refractivity contribution in [3.63, 3.8) is 0 Å². The molecule has 0 saturated heterocycles. The molecule has 0 fully saturated rings. The molecular formula is C37H26N4. The van der Waals surface area contributed by atoms with Crippen LogP contribution in [0.15, 0.2) is 127 Å². The van der Waals surface area contributed by atoms with Crippen LogP contribution < -0.4 is 0 Å². The maximum atomic E-state index is 5.05. The number of imidazole rings is 1. The SMILES string of the molecule is C(=Cc1ccc2cccc(-c3nc4ccccc4[nH]3)c2n1)c1ccc2c(c1)c1ccccc1n2Cc1ccccc1. The van der Waals surface area contributed by atoms with Crippen molar-refractivity contribution in [2.45, 2.75) is 6.54 Å². The summed E-state index contributed by atoms with van der Waals surface area (Å²) in [6.45, 7) is 0.842. The highest BCUT2D eigenvalue weighted by Gasteiger charge is 2.12. The zero-order valence-corrected chi connectivity index (χ0v) is 22.3. The van der Waals surface area contributed by atoms with E-state index in [4.69, 9.17) is 9.97 Å². The summed E-state index contributed by atoms with van der Waals surface area (Å²) >= 11 is 0. The number of H-pyrrole nitrogens is 1. The Morgan fingerprint density at radius 1 is 0.634 bits per heavy atom. The molecule has 0 spiro atoms. The molecule has 0 radical (unpaired) electrons. The van der Waals surface area contributed by atoms with Crippen molar-refractivity contribution in [3.05, 3.63) is 144 Å². The number of hydrogen-bond donors (Lipinski definition) is 1. The van der Waals surface area contributed by atoms with Gasteiger partial charge in [0.25, 0.3) is 0 Å². The molecule has 8 rings (SSSR count). The minimum Gasteiger partial charge on any atom is -0.338 e. The number of fused-ring (bicyclic) bond motifs is 5. The zero-order valence-electron chi connectivity index (χ0n) is 22.3. The van der Waals surface area contributed by atoms with Gasteiger partial charge in [0.2, 0.25) is 0 Å². The normalized spacial score (nSPS) is 11.9. The standard InChI is InChI=1S/C37H26N4/c1-2-9-26(10-3-1)24-41-34-16-7-4-12-29(34)31-23-25(18-22-35(31)41)17-20-28-21-19-27-11-8-13-30(36(27)38-28)37-39-32-14-5-6-15-33(32)40-37/h1-23H,24H2,(H,39,40). The average molecular weight is 527 g/mol. The highest BCUT2D eigenvalue weighted by atomic mass is 15.0. The molecule has 0 unspecified atom stereocenters. The van der Waals surface area contributed by atoms with E-state index >= 15 is 0 Å². The fourth-order valence-electron chi connectivity index (χ4n) is 5.82. The van der Waals surface area contributed by atoms with Crippen molar-refractivity contribution < 1.29 is 0 Å². The van der Waals surface area contributed by atoms with E-state index in [1.165, 1.54) is 27.4 Å². The second-order valence-corrected chi connectivity index (χ2v) is 10.4. The van der Waals surface area contributed by atoms with Gasteiger partial charge in [-0.05, 0) is 59.7 Å². The first-order chi connectivity index (χ1) is 20.3. The third kappa shape index (κ3) is 4.17. The molecule has 0 bridgehead atoms. The van der Waals surface area contributed by atoms with E-state index in [9.17, 15) is 0 Å². The predicted molar refractivity (Wildman–Crippen MR) is 171 cm³/mol. The molecule has 5 aromatic carbocycles. The molecule has 4 nitrogen and oxygen atoms in total. The molecule has 0 aliphatic carbocycles. The Balaban J connectivity index is 1.17. The first-order valence-electron chi connectivity index (χ1n) is 13.9. The molecule has 8 aromatic rings. The van der Waals surface area contributed by atoms with E-state index in [1.807, 2.05) is 18.2 Å². The molecule has 41 heavy (non-hydrogen) atoms. The van der Waals surface area contributed by atoms with Crippen molar-refractivity contribution in [3.8, 4) is 11.4 Å². The van der Waals surface area contributed by atoms with E-state index < -0.39 is 0 Å². The van der Waals surface area contributed by atoms with E-state index in [1.54, 1.807) is 0 Å². The minimum absolute atomic E-state index is 0.836. The second-order valence-electron chi connectivity index (χ2n) is 10.4. The number of rotatable bonds is 5. The van der Waals surface area contributed by atoms with E-state index in [0.29, 0.717) is 0 Å². The highest BCUT2D eigenvalue weighted by molar-refractivity contribution is 6.09. The van der Waals surface area contributed by atoms with Crippen LogP contribution in [0.2, 0.25) is 0 Å². The van der Waals surface area contributed by atoms with Crippen LogP contribution >= 0.6 is 0 Å². The lowest BCUT2D eigenvalue weighted by atomic mass is 10.1. The smallest absolute Gasteiger partial charge is 0.140 e. The van der Waals surface area contributed by atoms with Crippen LogP contribution in [0.4, 0.5) is 0 Å². The topological polar surface area (TPSA) is 46.5 Å². The number of benzene rings is 5. The van der Waals surface area contributed by atoms with E-state index in [-0.39, 0.29) is 0 Å². The average Bonchev–Trinajstić information content (AvgIpc) is 3.59. The summed E-state index contributed by atoms with van der Waals surface area (Å²) < 4.78 is 2.41. The predicted octanol–water partition coefficient (Wildman–Crippen LogP) is 9.10. The molecule has 194 valence electrons. The molecule has 3 aromatic heterocycles. The fraction of sp³-hybridized carbons (Fsp3) is 0.0270. The van der Waals surface area contributed by atoms with Gasteiger partial charge in [0.05, 0.1) is 22.2 Å². The van der Waals surface area contributed by atoms with Gasteiger partial charge in [0.1, 0.15) is 5.82 Å². The summed E-state index contributed by atoms with van der Waals surface area (Å²) in [5, 5.41) is 3.62. The number of nitrogens with zero attached hydrogens (tertiary/aromatic N) is 3.